The average Bonchev–Trinajstić information content (AvgIpc) is 3.21. The third-order valence-corrected chi connectivity index (χ3v) is 7.20. The van der Waals surface area contributed by atoms with Crippen molar-refractivity contribution in [2.45, 2.75) is 37.5 Å². The molecule has 2 fully saturated rings. The highest BCUT2D eigenvalue weighted by Gasteiger charge is 2.56. The van der Waals surface area contributed by atoms with Gasteiger partial charge >= 0.3 is 0 Å². The summed E-state index contributed by atoms with van der Waals surface area (Å²) in [6, 6.07) is 11.6. The first-order valence-electron chi connectivity index (χ1n) is 11.8. The lowest BCUT2D eigenvalue weighted by Gasteiger charge is -2.21. The van der Waals surface area contributed by atoms with Gasteiger partial charge in [0.2, 0.25) is 6.41 Å². The van der Waals surface area contributed by atoms with E-state index in [1.807, 2.05) is 37.3 Å². The van der Waals surface area contributed by atoms with Crippen LogP contribution in [0, 0.1) is 0 Å². The van der Waals surface area contributed by atoms with Gasteiger partial charge in [0.15, 0.2) is 0 Å². The Kier molecular flexibility index (Phi) is 5.95. The van der Waals surface area contributed by atoms with Crippen molar-refractivity contribution < 1.29 is 23.8 Å². The Bertz CT molecular complexity index is 1110. The van der Waals surface area contributed by atoms with Crippen molar-refractivity contribution >= 4 is 18.0 Å². The fourth-order valence-corrected chi connectivity index (χ4v) is 5.37. The van der Waals surface area contributed by atoms with E-state index in [2.05, 4.69) is 10.2 Å². The van der Waals surface area contributed by atoms with E-state index in [0.717, 1.165) is 55.8 Å². The number of morpholine rings is 1. The van der Waals surface area contributed by atoms with E-state index in [0.29, 0.717) is 23.5 Å². The molecule has 2 saturated heterocycles. The minimum Gasteiger partial charge on any atom is -0.497 e. The van der Waals surface area contributed by atoms with Crippen molar-refractivity contribution in [1.29, 1.82) is 0 Å². The SMILES string of the molecule is CNC(=O)c1cc(N(C=O)CCCC23CN2CCO3)cc2c1O[C@H](C)[C@H]2c1cccc(OC)c1. The zero-order valence-electron chi connectivity index (χ0n) is 19.9. The number of benzene rings is 2. The minimum absolute atomic E-state index is 0.0900. The van der Waals surface area contributed by atoms with Gasteiger partial charge in [-0.25, -0.2) is 0 Å². The lowest BCUT2D eigenvalue weighted by atomic mass is 9.87. The van der Waals surface area contributed by atoms with Crippen LogP contribution in [0.15, 0.2) is 36.4 Å². The first-order valence-corrected chi connectivity index (χ1v) is 11.8. The number of rotatable bonds is 9. The second-order valence-corrected chi connectivity index (χ2v) is 9.19. The number of carbonyl (C=O) groups is 2. The van der Waals surface area contributed by atoms with Crippen molar-refractivity contribution in [2.75, 3.05) is 45.3 Å². The van der Waals surface area contributed by atoms with Crippen LogP contribution in [0.1, 0.15) is 47.2 Å². The number of methoxy groups -OCH3 is 1. The van der Waals surface area contributed by atoms with Crippen molar-refractivity contribution in [2.24, 2.45) is 0 Å². The molecule has 0 aliphatic carbocycles. The molecule has 0 radical (unpaired) electrons. The number of anilines is 1. The summed E-state index contributed by atoms with van der Waals surface area (Å²) in [7, 11) is 3.24. The molecule has 3 aliphatic rings. The molecule has 0 bridgehead atoms. The van der Waals surface area contributed by atoms with Crippen LogP contribution < -0.4 is 19.7 Å². The second kappa shape index (κ2) is 8.92. The molecule has 2 aromatic rings. The highest BCUT2D eigenvalue weighted by atomic mass is 16.5. The number of fused-ring (bicyclic) bond motifs is 2. The van der Waals surface area contributed by atoms with E-state index in [-0.39, 0.29) is 23.7 Å². The third-order valence-electron chi connectivity index (χ3n) is 7.20. The summed E-state index contributed by atoms with van der Waals surface area (Å²) in [4.78, 5) is 28.9. The van der Waals surface area contributed by atoms with E-state index < -0.39 is 0 Å². The summed E-state index contributed by atoms with van der Waals surface area (Å²) in [6.45, 7) is 5.29. The first kappa shape index (κ1) is 22.7. The number of hydrogen-bond acceptors (Lipinski definition) is 6. The van der Waals surface area contributed by atoms with Gasteiger partial charge in [-0.3, -0.25) is 14.5 Å². The lowest BCUT2D eigenvalue weighted by Crippen LogP contribution is -2.26. The van der Waals surface area contributed by atoms with Gasteiger partial charge in [-0.1, -0.05) is 12.1 Å². The van der Waals surface area contributed by atoms with Crippen LogP contribution in [0.4, 0.5) is 5.69 Å². The van der Waals surface area contributed by atoms with Gasteiger partial charge in [-0.15, -0.1) is 0 Å². The van der Waals surface area contributed by atoms with E-state index >= 15 is 0 Å². The Morgan fingerprint density at radius 2 is 2.21 bits per heavy atom. The summed E-state index contributed by atoms with van der Waals surface area (Å²) in [5, 5.41) is 2.71. The summed E-state index contributed by atoms with van der Waals surface area (Å²) >= 11 is 0. The molecule has 3 heterocycles. The fraction of sp³-hybridized carbons (Fsp3) is 0.462. The van der Waals surface area contributed by atoms with Crippen LogP contribution >= 0.6 is 0 Å². The second-order valence-electron chi connectivity index (χ2n) is 9.19. The van der Waals surface area contributed by atoms with Crippen molar-refractivity contribution in [3.63, 3.8) is 0 Å². The monoisotopic (exact) mass is 465 g/mol. The Morgan fingerprint density at radius 1 is 1.35 bits per heavy atom. The molecule has 1 N–H and O–H groups in total. The smallest absolute Gasteiger partial charge is 0.254 e. The van der Waals surface area contributed by atoms with Gasteiger partial charge in [0.25, 0.3) is 5.91 Å². The molecule has 3 aliphatic heterocycles. The molecule has 0 saturated carbocycles. The molecule has 0 aromatic heterocycles. The predicted octanol–water partition coefficient (Wildman–Crippen LogP) is 2.75. The van der Waals surface area contributed by atoms with Crippen LogP contribution in [0.2, 0.25) is 0 Å². The maximum absolute atomic E-state index is 12.8. The van der Waals surface area contributed by atoms with Crippen molar-refractivity contribution in [3.8, 4) is 11.5 Å². The van der Waals surface area contributed by atoms with E-state index in [9.17, 15) is 9.59 Å². The normalized spacial score (nSPS) is 26.3. The standard InChI is InChI=1S/C26H31N3O5/c1-17-23(18-6-4-7-20(12-18)32-3)21-13-19(14-22(24(21)34-17)25(31)27-2)28(16-30)9-5-8-26-15-29(26)10-11-33-26/h4,6-7,12-14,16-17,23H,5,8-11,15H2,1-3H3,(H,27,31)/t17-,23+,26?,29?/m1/s1. The van der Waals surface area contributed by atoms with Crippen molar-refractivity contribution in [1.82, 2.24) is 10.2 Å². The Labute approximate surface area is 199 Å². The summed E-state index contributed by atoms with van der Waals surface area (Å²) in [5.74, 6) is 1.00. The molecule has 34 heavy (non-hydrogen) atoms. The molecular formula is C26H31N3O5. The highest BCUT2D eigenvalue weighted by molar-refractivity contribution is 5.99. The van der Waals surface area contributed by atoms with E-state index in [4.69, 9.17) is 14.2 Å². The molecule has 2 amide bonds. The summed E-state index contributed by atoms with van der Waals surface area (Å²) in [6.07, 6.45) is 2.36. The fourth-order valence-electron chi connectivity index (χ4n) is 5.37. The van der Waals surface area contributed by atoms with Crippen LogP contribution in [0.5, 0.6) is 11.5 Å². The van der Waals surface area contributed by atoms with Gasteiger partial charge < -0.3 is 24.4 Å². The largest absolute Gasteiger partial charge is 0.497 e. The van der Waals surface area contributed by atoms with E-state index in [1.54, 1.807) is 25.1 Å². The topological polar surface area (TPSA) is 80.1 Å². The highest BCUT2D eigenvalue weighted by Crippen LogP contribution is 2.47. The number of nitrogens with zero attached hydrogens (tertiary/aromatic N) is 2. The van der Waals surface area contributed by atoms with Crippen LogP contribution in [0.3, 0.4) is 0 Å². The molecule has 8 heteroatoms. The van der Waals surface area contributed by atoms with Gasteiger partial charge in [-0.05, 0) is 49.6 Å². The zero-order valence-corrected chi connectivity index (χ0v) is 19.9. The number of amides is 2. The van der Waals surface area contributed by atoms with Gasteiger partial charge in [0, 0.05) is 43.9 Å². The summed E-state index contributed by atoms with van der Waals surface area (Å²) < 4.78 is 17.5. The van der Waals surface area contributed by atoms with E-state index in [1.165, 1.54) is 0 Å². The zero-order chi connectivity index (χ0) is 23.9. The lowest BCUT2D eigenvalue weighted by molar-refractivity contribution is -0.107. The van der Waals surface area contributed by atoms with Gasteiger partial charge in [0.05, 0.1) is 19.3 Å². The summed E-state index contributed by atoms with van der Waals surface area (Å²) in [5.41, 5.74) is 2.95. The molecular weight excluding hydrogens is 434 g/mol. The van der Waals surface area contributed by atoms with Gasteiger partial charge in [-0.2, -0.15) is 0 Å². The Morgan fingerprint density at radius 3 is 2.88 bits per heavy atom. The molecule has 180 valence electrons. The molecule has 0 spiro atoms. The van der Waals surface area contributed by atoms with Crippen LogP contribution in [0.25, 0.3) is 0 Å². The molecule has 2 unspecified atom stereocenters. The quantitative estimate of drug-likeness (QED) is 0.453. The van der Waals surface area contributed by atoms with Crippen LogP contribution in [-0.4, -0.2) is 69.4 Å². The molecule has 5 rings (SSSR count). The molecule has 8 nitrogen and oxygen atoms in total. The predicted molar refractivity (Wildman–Crippen MR) is 128 cm³/mol. The number of nitrogens with one attached hydrogen (secondary N) is 1. The Balaban J connectivity index is 1.46. The minimum atomic E-state index is -0.241. The maximum Gasteiger partial charge on any atom is 0.254 e. The van der Waals surface area contributed by atoms with Crippen LogP contribution in [-0.2, 0) is 9.53 Å². The first-order chi connectivity index (χ1) is 16.5. The average molecular weight is 466 g/mol. The number of ether oxygens (including phenoxy) is 3. The third kappa shape index (κ3) is 3.91. The molecule has 2 aromatic carbocycles. The molecule has 4 atom stereocenters. The maximum atomic E-state index is 12.8. The van der Waals surface area contributed by atoms with Crippen molar-refractivity contribution in [3.05, 3.63) is 53.1 Å². The van der Waals surface area contributed by atoms with Gasteiger partial charge in [0.1, 0.15) is 23.3 Å². The Hall–Kier alpha value is -3.10. The number of carbonyl (C=O) groups excluding carboxylic acids is 2. The number of hydrogen-bond donors (Lipinski definition) is 1.